The number of hydrogen-bond acceptors (Lipinski definition) is 3. The lowest BCUT2D eigenvalue weighted by Crippen LogP contribution is -2.17. The lowest BCUT2D eigenvalue weighted by molar-refractivity contribution is -0.141. The molecule has 0 amide bonds. The molecular formula is C11H14F3N3. The predicted octanol–water partition coefficient (Wildman–Crippen LogP) is 3.06. The Labute approximate surface area is 97.5 Å². The van der Waals surface area contributed by atoms with E-state index < -0.39 is 11.9 Å². The van der Waals surface area contributed by atoms with E-state index in [0.717, 1.165) is 12.3 Å². The van der Waals surface area contributed by atoms with Crippen LogP contribution in [0, 0.1) is 0 Å². The maximum absolute atomic E-state index is 12.4. The van der Waals surface area contributed by atoms with E-state index in [-0.39, 0.29) is 17.4 Å². The molecule has 1 aromatic heterocycles. The van der Waals surface area contributed by atoms with Crippen LogP contribution < -0.4 is 11.1 Å². The van der Waals surface area contributed by atoms with Crippen LogP contribution in [-0.4, -0.2) is 11.0 Å². The SMILES string of the molecule is C=CCC(C)Nc1cc(C(F)(F)F)ncc1N. The molecule has 94 valence electrons. The van der Waals surface area contributed by atoms with Crippen molar-refractivity contribution in [3.8, 4) is 0 Å². The zero-order valence-corrected chi connectivity index (χ0v) is 9.38. The summed E-state index contributed by atoms with van der Waals surface area (Å²) in [6.45, 7) is 5.39. The molecule has 1 atom stereocenters. The number of anilines is 2. The summed E-state index contributed by atoms with van der Waals surface area (Å²) in [4.78, 5) is 3.25. The first kappa shape index (κ1) is 13.3. The van der Waals surface area contributed by atoms with Gasteiger partial charge < -0.3 is 11.1 Å². The third kappa shape index (κ3) is 3.65. The molecular weight excluding hydrogens is 231 g/mol. The van der Waals surface area contributed by atoms with E-state index in [0.29, 0.717) is 6.42 Å². The molecule has 1 unspecified atom stereocenters. The summed E-state index contributed by atoms with van der Waals surface area (Å²) in [6.07, 6.45) is -1.15. The van der Waals surface area contributed by atoms with Crippen LogP contribution in [-0.2, 0) is 6.18 Å². The molecule has 0 spiro atoms. The lowest BCUT2D eigenvalue weighted by Gasteiger charge is -2.16. The highest BCUT2D eigenvalue weighted by molar-refractivity contribution is 5.65. The van der Waals surface area contributed by atoms with Crippen LogP contribution in [0.5, 0.6) is 0 Å². The topological polar surface area (TPSA) is 50.9 Å². The Hall–Kier alpha value is -1.72. The van der Waals surface area contributed by atoms with Gasteiger partial charge in [0, 0.05) is 6.04 Å². The van der Waals surface area contributed by atoms with E-state index in [9.17, 15) is 13.2 Å². The third-order valence-corrected chi connectivity index (χ3v) is 2.15. The summed E-state index contributed by atoms with van der Waals surface area (Å²) in [6, 6.07) is 0.868. The number of aromatic nitrogens is 1. The van der Waals surface area contributed by atoms with Crippen LogP contribution in [0.3, 0.4) is 0 Å². The van der Waals surface area contributed by atoms with Crippen molar-refractivity contribution in [3.05, 3.63) is 30.6 Å². The fraction of sp³-hybridized carbons (Fsp3) is 0.364. The number of halogens is 3. The second-order valence-electron chi connectivity index (χ2n) is 3.72. The van der Waals surface area contributed by atoms with Crippen LogP contribution >= 0.6 is 0 Å². The molecule has 17 heavy (non-hydrogen) atoms. The highest BCUT2D eigenvalue weighted by Gasteiger charge is 2.33. The van der Waals surface area contributed by atoms with Gasteiger partial charge in [0.1, 0.15) is 5.69 Å². The maximum atomic E-state index is 12.4. The van der Waals surface area contributed by atoms with Gasteiger partial charge in [0.15, 0.2) is 0 Å². The summed E-state index contributed by atoms with van der Waals surface area (Å²) in [5.74, 6) is 0. The Morgan fingerprint density at radius 2 is 2.24 bits per heavy atom. The predicted molar refractivity (Wildman–Crippen MR) is 61.6 cm³/mol. The molecule has 1 aromatic rings. The molecule has 0 saturated heterocycles. The number of pyridine rings is 1. The highest BCUT2D eigenvalue weighted by atomic mass is 19.4. The van der Waals surface area contributed by atoms with E-state index in [4.69, 9.17) is 5.73 Å². The molecule has 1 rings (SSSR count). The molecule has 1 heterocycles. The van der Waals surface area contributed by atoms with Gasteiger partial charge >= 0.3 is 6.18 Å². The van der Waals surface area contributed by atoms with E-state index >= 15 is 0 Å². The summed E-state index contributed by atoms with van der Waals surface area (Å²) >= 11 is 0. The van der Waals surface area contributed by atoms with Crippen molar-refractivity contribution in [2.75, 3.05) is 11.1 Å². The monoisotopic (exact) mass is 245 g/mol. The maximum Gasteiger partial charge on any atom is 0.433 e. The summed E-state index contributed by atoms with van der Waals surface area (Å²) < 4.78 is 37.3. The van der Waals surface area contributed by atoms with Gasteiger partial charge in [-0.3, -0.25) is 0 Å². The zero-order chi connectivity index (χ0) is 13.1. The first-order valence-electron chi connectivity index (χ1n) is 5.04. The van der Waals surface area contributed by atoms with Gasteiger partial charge in [-0.2, -0.15) is 13.2 Å². The molecule has 0 radical (unpaired) electrons. The van der Waals surface area contributed by atoms with E-state index in [1.54, 1.807) is 6.08 Å². The van der Waals surface area contributed by atoms with Crippen molar-refractivity contribution in [2.45, 2.75) is 25.6 Å². The number of nitrogens with two attached hydrogens (primary N) is 1. The smallest absolute Gasteiger partial charge is 0.396 e. The normalized spacial score (nSPS) is 13.2. The quantitative estimate of drug-likeness (QED) is 0.801. The fourth-order valence-electron chi connectivity index (χ4n) is 1.32. The Bertz CT molecular complexity index is 401. The molecule has 0 saturated carbocycles. The summed E-state index contributed by atoms with van der Waals surface area (Å²) in [7, 11) is 0. The molecule has 0 aliphatic rings. The van der Waals surface area contributed by atoms with Crippen LogP contribution in [0.4, 0.5) is 24.5 Å². The molecule has 3 N–H and O–H groups in total. The first-order chi connectivity index (χ1) is 7.84. The molecule has 3 nitrogen and oxygen atoms in total. The number of nitrogens with zero attached hydrogens (tertiary/aromatic N) is 1. The summed E-state index contributed by atoms with van der Waals surface area (Å²) in [5, 5.41) is 2.89. The van der Waals surface area contributed by atoms with Crippen molar-refractivity contribution in [2.24, 2.45) is 0 Å². The van der Waals surface area contributed by atoms with Crippen molar-refractivity contribution in [1.29, 1.82) is 0 Å². The number of alkyl halides is 3. The second kappa shape index (κ2) is 5.07. The Morgan fingerprint density at radius 1 is 1.59 bits per heavy atom. The molecule has 0 aliphatic heterocycles. The lowest BCUT2D eigenvalue weighted by atomic mass is 10.2. The Balaban J connectivity index is 2.95. The molecule has 0 aliphatic carbocycles. The Kier molecular flexibility index (Phi) is 3.98. The third-order valence-electron chi connectivity index (χ3n) is 2.15. The van der Waals surface area contributed by atoms with Gasteiger partial charge in [-0.25, -0.2) is 4.98 Å². The molecule has 6 heteroatoms. The van der Waals surface area contributed by atoms with Gasteiger partial charge in [0.05, 0.1) is 17.6 Å². The van der Waals surface area contributed by atoms with Gasteiger partial charge in [-0.15, -0.1) is 6.58 Å². The van der Waals surface area contributed by atoms with E-state index in [1.807, 2.05) is 6.92 Å². The van der Waals surface area contributed by atoms with E-state index in [2.05, 4.69) is 16.9 Å². The summed E-state index contributed by atoms with van der Waals surface area (Å²) in [5.41, 5.74) is 5.03. The first-order valence-corrected chi connectivity index (χ1v) is 5.04. The average Bonchev–Trinajstić information content (AvgIpc) is 2.20. The number of nitrogens with one attached hydrogen (secondary N) is 1. The van der Waals surface area contributed by atoms with Gasteiger partial charge in [0.2, 0.25) is 0 Å². The number of nitrogen functional groups attached to an aromatic ring is 1. The molecule has 0 bridgehead atoms. The van der Waals surface area contributed by atoms with Crippen molar-refractivity contribution in [3.63, 3.8) is 0 Å². The van der Waals surface area contributed by atoms with Crippen LogP contribution in [0.25, 0.3) is 0 Å². The largest absolute Gasteiger partial charge is 0.433 e. The minimum Gasteiger partial charge on any atom is -0.396 e. The standard InChI is InChI=1S/C11H14F3N3/c1-3-4-7(2)17-9-5-10(11(12,13)14)16-6-8(9)15/h3,5-7H,1,4,15H2,2H3,(H,16,17). The average molecular weight is 245 g/mol. The van der Waals surface area contributed by atoms with Crippen molar-refractivity contribution >= 4 is 11.4 Å². The molecule has 0 fully saturated rings. The van der Waals surface area contributed by atoms with Crippen LogP contribution in [0.1, 0.15) is 19.0 Å². The van der Waals surface area contributed by atoms with Crippen LogP contribution in [0.2, 0.25) is 0 Å². The van der Waals surface area contributed by atoms with Crippen molar-refractivity contribution < 1.29 is 13.2 Å². The van der Waals surface area contributed by atoms with Gasteiger partial charge in [-0.05, 0) is 19.4 Å². The number of rotatable bonds is 4. The fourth-order valence-corrected chi connectivity index (χ4v) is 1.32. The second-order valence-corrected chi connectivity index (χ2v) is 3.72. The Morgan fingerprint density at radius 3 is 2.76 bits per heavy atom. The van der Waals surface area contributed by atoms with E-state index in [1.165, 1.54) is 0 Å². The number of hydrogen-bond donors (Lipinski definition) is 2. The minimum absolute atomic E-state index is 0.0433. The van der Waals surface area contributed by atoms with Gasteiger partial charge in [0.25, 0.3) is 0 Å². The van der Waals surface area contributed by atoms with Crippen LogP contribution in [0.15, 0.2) is 24.9 Å². The van der Waals surface area contributed by atoms with Crippen molar-refractivity contribution in [1.82, 2.24) is 4.98 Å². The minimum atomic E-state index is -4.47. The van der Waals surface area contributed by atoms with Gasteiger partial charge in [-0.1, -0.05) is 6.08 Å². The highest BCUT2D eigenvalue weighted by Crippen LogP contribution is 2.31. The zero-order valence-electron chi connectivity index (χ0n) is 9.38. The molecule has 0 aromatic carbocycles.